The number of rotatable bonds is 5. The standard InChI is InChI=1S/C16H17FN2O2/c1-16(15(18)20,13-5-3-4-6-14(13)17)19-11-7-9-12(21-2)10-8-11/h3-10,19H,1-2H3,(H2,18,20). The van der Waals surface area contributed by atoms with Crippen molar-refractivity contribution in [2.24, 2.45) is 5.73 Å². The van der Waals surface area contributed by atoms with Crippen LogP contribution in [0.25, 0.3) is 0 Å². The first-order valence-electron chi connectivity index (χ1n) is 6.44. The van der Waals surface area contributed by atoms with E-state index >= 15 is 0 Å². The maximum absolute atomic E-state index is 14.0. The second kappa shape index (κ2) is 5.83. The van der Waals surface area contributed by atoms with E-state index in [1.165, 1.54) is 12.1 Å². The van der Waals surface area contributed by atoms with E-state index in [-0.39, 0.29) is 5.56 Å². The number of carbonyl (C=O) groups is 1. The van der Waals surface area contributed by atoms with Crippen molar-refractivity contribution in [1.29, 1.82) is 0 Å². The zero-order valence-corrected chi connectivity index (χ0v) is 11.9. The third-order valence-electron chi connectivity index (χ3n) is 3.39. The van der Waals surface area contributed by atoms with Gasteiger partial charge in [-0.15, -0.1) is 0 Å². The first kappa shape index (κ1) is 14.8. The van der Waals surface area contributed by atoms with E-state index in [2.05, 4.69) is 5.32 Å². The summed E-state index contributed by atoms with van der Waals surface area (Å²) in [6.07, 6.45) is 0. The maximum Gasteiger partial charge on any atom is 0.247 e. The second-order valence-electron chi connectivity index (χ2n) is 4.82. The van der Waals surface area contributed by atoms with Gasteiger partial charge in [0.1, 0.15) is 17.1 Å². The third-order valence-corrected chi connectivity index (χ3v) is 3.39. The summed E-state index contributed by atoms with van der Waals surface area (Å²) in [4.78, 5) is 11.9. The van der Waals surface area contributed by atoms with Crippen molar-refractivity contribution in [3.05, 3.63) is 59.9 Å². The molecule has 0 radical (unpaired) electrons. The lowest BCUT2D eigenvalue weighted by Crippen LogP contribution is -2.45. The van der Waals surface area contributed by atoms with Crippen molar-refractivity contribution in [3.63, 3.8) is 0 Å². The Morgan fingerprint density at radius 1 is 1.19 bits per heavy atom. The van der Waals surface area contributed by atoms with Gasteiger partial charge in [-0.2, -0.15) is 0 Å². The predicted molar refractivity (Wildman–Crippen MR) is 79.6 cm³/mol. The van der Waals surface area contributed by atoms with E-state index in [0.717, 1.165) is 0 Å². The number of halogens is 1. The summed E-state index contributed by atoms with van der Waals surface area (Å²) in [6.45, 7) is 1.55. The van der Waals surface area contributed by atoms with Crippen LogP contribution in [0.4, 0.5) is 10.1 Å². The SMILES string of the molecule is COc1ccc(NC(C)(C(N)=O)c2ccccc2F)cc1. The van der Waals surface area contributed by atoms with Crippen molar-refractivity contribution in [2.75, 3.05) is 12.4 Å². The Kier molecular flexibility index (Phi) is 4.12. The number of hydrogen-bond acceptors (Lipinski definition) is 3. The van der Waals surface area contributed by atoms with Crippen LogP contribution >= 0.6 is 0 Å². The van der Waals surface area contributed by atoms with Crippen LogP contribution in [0.1, 0.15) is 12.5 Å². The van der Waals surface area contributed by atoms with Gasteiger partial charge >= 0.3 is 0 Å². The van der Waals surface area contributed by atoms with Crippen LogP contribution in [-0.2, 0) is 10.3 Å². The minimum atomic E-state index is -1.35. The first-order chi connectivity index (χ1) is 9.97. The molecule has 0 aliphatic rings. The van der Waals surface area contributed by atoms with E-state index in [4.69, 9.17) is 10.5 Å². The van der Waals surface area contributed by atoms with E-state index in [9.17, 15) is 9.18 Å². The first-order valence-corrected chi connectivity index (χ1v) is 6.44. The number of nitrogens with one attached hydrogen (secondary N) is 1. The van der Waals surface area contributed by atoms with Crippen LogP contribution in [0.3, 0.4) is 0 Å². The Morgan fingerprint density at radius 3 is 2.33 bits per heavy atom. The Bertz CT molecular complexity index is 643. The fourth-order valence-electron chi connectivity index (χ4n) is 2.09. The summed E-state index contributed by atoms with van der Waals surface area (Å²) in [7, 11) is 1.56. The molecule has 1 amide bonds. The van der Waals surface area contributed by atoms with Gasteiger partial charge in [0.2, 0.25) is 5.91 Å². The van der Waals surface area contributed by atoms with Crippen LogP contribution in [0.15, 0.2) is 48.5 Å². The Morgan fingerprint density at radius 2 is 1.81 bits per heavy atom. The molecule has 0 aliphatic heterocycles. The van der Waals surface area contributed by atoms with Crippen molar-refractivity contribution < 1.29 is 13.9 Å². The topological polar surface area (TPSA) is 64.3 Å². The Labute approximate surface area is 122 Å². The van der Waals surface area contributed by atoms with E-state index < -0.39 is 17.3 Å². The van der Waals surface area contributed by atoms with Gasteiger partial charge < -0.3 is 15.8 Å². The highest BCUT2D eigenvalue weighted by Crippen LogP contribution is 2.28. The zero-order valence-electron chi connectivity index (χ0n) is 11.9. The highest BCUT2D eigenvalue weighted by molar-refractivity contribution is 5.89. The number of methoxy groups -OCH3 is 1. The fourth-order valence-corrected chi connectivity index (χ4v) is 2.09. The third kappa shape index (κ3) is 2.97. The summed E-state index contributed by atoms with van der Waals surface area (Å²) in [5.74, 6) is -0.463. The quantitative estimate of drug-likeness (QED) is 0.889. The average molecular weight is 288 g/mol. The number of benzene rings is 2. The molecule has 21 heavy (non-hydrogen) atoms. The highest BCUT2D eigenvalue weighted by atomic mass is 19.1. The second-order valence-corrected chi connectivity index (χ2v) is 4.82. The molecule has 0 spiro atoms. The molecule has 1 unspecified atom stereocenters. The van der Waals surface area contributed by atoms with Gasteiger partial charge in [-0.25, -0.2) is 4.39 Å². The Balaban J connectivity index is 2.38. The number of ether oxygens (including phenoxy) is 1. The molecule has 110 valence electrons. The largest absolute Gasteiger partial charge is 0.497 e. The smallest absolute Gasteiger partial charge is 0.247 e. The van der Waals surface area contributed by atoms with Crippen LogP contribution in [0.5, 0.6) is 5.75 Å². The van der Waals surface area contributed by atoms with Crippen LogP contribution < -0.4 is 15.8 Å². The molecule has 0 saturated heterocycles. The van der Waals surface area contributed by atoms with Gasteiger partial charge in [-0.05, 0) is 37.3 Å². The molecule has 0 heterocycles. The van der Waals surface area contributed by atoms with Gasteiger partial charge in [-0.3, -0.25) is 4.79 Å². The fraction of sp³-hybridized carbons (Fsp3) is 0.188. The molecule has 2 aromatic rings. The molecule has 0 fully saturated rings. The average Bonchev–Trinajstić information content (AvgIpc) is 2.48. The predicted octanol–water partition coefficient (Wildman–Crippen LogP) is 2.65. The molecule has 1 atom stereocenters. The lowest BCUT2D eigenvalue weighted by Gasteiger charge is -2.29. The maximum atomic E-state index is 14.0. The Hall–Kier alpha value is -2.56. The van der Waals surface area contributed by atoms with Crippen LogP contribution in [0, 0.1) is 5.82 Å². The van der Waals surface area contributed by atoms with Crippen LogP contribution in [0.2, 0.25) is 0 Å². The van der Waals surface area contributed by atoms with Gasteiger partial charge in [-0.1, -0.05) is 18.2 Å². The molecular weight excluding hydrogens is 271 g/mol. The summed E-state index contributed by atoms with van der Waals surface area (Å²) in [5, 5.41) is 2.99. The number of nitrogens with two attached hydrogens (primary N) is 1. The monoisotopic (exact) mass is 288 g/mol. The molecule has 0 saturated carbocycles. The van der Waals surface area contributed by atoms with E-state index in [1.807, 2.05) is 0 Å². The van der Waals surface area contributed by atoms with Crippen molar-refractivity contribution in [2.45, 2.75) is 12.5 Å². The number of anilines is 1. The number of carbonyl (C=O) groups excluding carboxylic acids is 1. The molecule has 5 heteroatoms. The number of hydrogen-bond donors (Lipinski definition) is 2. The number of primary amides is 1. The van der Waals surface area contributed by atoms with Gasteiger partial charge in [0, 0.05) is 11.3 Å². The zero-order chi connectivity index (χ0) is 15.5. The van der Waals surface area contributed by atoms with E-state index in [0.29, 0.717) is 11.4 Å². The lowest BCUT2D eigenvalue weighted by atomic mass is 9.90. The minimum absolute atomic E-state index is 0.202. The minimum Gasteiger partial charge on any atom is -0.497 e. The highest BCUT2D eigenvalue weighted by Gasteiger charge is 2.35. The molecule has 4 nitrogen and oxygen atoms in total. The molecule has 2 aromatic carbocycles. The van der Waals surface area contributed by atoms with Gasteiger partial charge in [0.25, 0.3) is 0 Å². The molecule has 0 aromatic heterocycles. The molecular formula is C16H17FN2O2. The van der Waals surface area contributed by atoms with E-state index in [1.54, 1.807) is 50.4 Å². The molecule has 0 bridgehead atoms. The normalized spacial score (nSPS) is 13.3. The summed E-state index contributed by atoms with van der Waals surface area (Å²) in [6, 6.07) is 13.0. The van der Waals surface area contributed by atoms with Gasteiger partial charge in [0.05, 0.1) is 7.11 Å². The molecule has 3 N–H and O–H groups in total. The van der Waals surface area contributed by atoms with Crippen molar-refractivity contribution in [1.82, 2.24) is 0 Å². The molecule has 2 rings (SSSR count). The summed E-state index contributed by atoms with van der Waals surface area (Å²) >= 11 is 0. The van der Waals surface area contributed by atoms with Gasteiger partial charge in [0.15, 0.2) is 0 Å². The summed E-state index contributed by atoms with van der Waals surface area (Å²) < 4.78 is 19.1. The molecule has 0 aliphatic carbocycles. The number of amides is 1. The summed E-state index contributed by atoms with van der Waals surface area (Å²) in [5.41, 5.74) is 4.98. The van der Waals surface area contributed by atoms with Crippen LogP contribution in [-0.4, -0.2) is 13.0 Å². The van der Waals surface area contributed by atoms with Crippen molar-refractivity contribution >= 4 is 11.6 Å². The van der Waals surface area contributed by atoms with Crippen molar-refractivity contribution in [3.8, 4) is 5.75 Å². The lowest BCUT2D eigenvalue weighted by molar-refractivity contribution is -0.122.